The van der Waals surface area contributed by atoms with Gasteiger partial charge >= 0.3 is 0 Å². The Hall–Kier alpha value is -1.39. The minimum absolute atomic E-state index is 0.112. The lowest BCUT2D eigenvalue weighted by Crippen LogP contribution is -2.41. The van der Waals surface area contributed by atoms with Gasteiger partial charge in [-0.05, 0) is 11.0 Å². The number of rotatable bonds is 5. The number of nitrogens with two attached hydrogens (primary N) is 1. The summed E-state index contributed by atoms with van der Waals surface area (Å²) in [5.41, 5.74) is 6.76. The van der Waals surface area contributed by atoms with E-state index in [1.54, 1.807) is 0 Å². The number of amides is 1. The van der Waals surface area contributed by atoms with Crippen LogP contribution in [0.5, 0.6) is 0 Å². The number of nitrogens with one attached hydrogen (secondary N) is 1. The summed E-state index contributed by atoms with van der Waals surface area (Å²) in [6.07, 6.45) is 0.257. The van der Waals surface area contributed by atoms with Crippen LogP contribution in [0.3, 0.4) is 0 Å². The largest absolute Gasteiger partial charge is 0.394 e. The Morgan fingerprint density at radius 1 is 1.32 bits per heavy atom. The first-order valence-electron chi connectivity index (χ1n) is 6.55. The molecule has 1 aromatic carbocycles. The van der Waals surface area contributed by atoms with E-state index in [0.29, 0.717) is 0 Å². The molecule has 19 heavy (non-hydrogen) atoms. The van der Waals surface area contributed by atoms with Crippen molar-refractivity contribution in [2.75, 3.05) is 6.61 Å². The summed E-state index contributed by atoms with van der Waals surface area (Å²) in [6.45, 7) is 5.89. The van der Waals surface area contributed by atoms with Crippen LogP contribution in [0.15, 0.2) is 30.3 Å². The van der Waals surface area contributed by atoms with Crippen LogP contribution in [0.2, 0.25) is 0 Å². The van der Waals surface area contributed by atoms with Crippen molar-refractivity contribution in [1.29, 1.82) is 0 Å². The second-order valence-corrected chi connectivity index (χ2v) is 5.89. The monoisotopic (exact) mass is 264 g/mol. The van der Waals surface area contributed by atoms with Gasteiger partial charge in [-0.3, -0.25) is 4.79 Å². The van der Waals surface area contributed by atoms with E-state index in [1.807, 2.05) is 51.1 Å². The van der Waals surface area contributed by atoms with E-state index in [2.05, 4.69) is 5.32 Å². The van der Waals surface area contributed by atoms with Gasteiger partial charge in [-0.2, -0.15) is 0 Å². The first-order chi connectivity index (χ1) is 8.84. The highest BCUT2D eigenvalue weighted by atomic mass is 16.3. The fraction of sp³-hybridized carbons (Fsp3) is 0.533. The van der Waals surface area contributed by atoms with Crippen molar-refractivity contribution in [3.63, 3.8) is 0 Å². The molecule has 1 aromatic rings. The lowest BCUT2D eigenvalue weighted by Gasteiger charge is -2.27. The predicted molar refractivity (Wildman–Crippen MR) is 76.5 cm³/mol. The fourth-order valence-electron chi connectivity index (χ4n) is 1.68. The molecule has 0 aliphatic heterocycles. The van der Waals surface area contributed by atoms with Crippen LogP contribution < -0.4 is 11.1 Å². The molecule has 1 rings (SSSR count). The van der Waals surface area contributed by atoms with Crippen molar-refractivity contribution in [1.82, 2.24) is 5.32 Å². The number of hydrogen-bond donors (Lipinski definition) is 3. The summed E-state index contributed by atoms with van der Waals surface area (Å²) in [5.74, 6) is -0.134. The molecular weight excluding hydrogens is 240 g/mol. The normalized spacial score (nSPS) is 14.8. The Bertz CT molecular complexity index is 398. The van der Waals surface area contributed by atoms with Gasteiger partial charge in [0.25, 0.3) is 0 Å². The third-order valence-electron chi connectivity index (χ3n) is 3.24. The smallest absolute Gasteiger partial charge is 0.222 e. The van der Waals surface area contributed by atoms with Gasteiger partial charge in [0.1, 0.15) is 0 Å². The second-order valence-electron chi connectivity index (χ2n) is 5.89. The van der Waals surface area contributed by atoms with Gasteiger partial charge in [0.2, 0.25) is 5.91 Å². The van der Waals surface area contributed by atoms with Crippen LogP contribution in [0.4, 0.5) is 0 Å². The zero-order valence-corrected chi connectivity index (χ0v) is 11.9. The van der Waals surface area contributed by atoms with Gasteiger partial charge in [-0.1, -0.05) is 51.1 Å². The first-order valence-corrected chi connectivity index (χ1v) is 6.55. The molecule has 0 heterocycles. The number of aliphatic hydroxyl groups is 1. The minimum atomic E-state index is -0.374. The van der Waals surface area contributed by atoms with Crippen LogP contribution >= 0.6 is 0 Å². The summed E-state index contributed by atoms with van der Waals surface area (Å²) in [6, 6.07) is 8.84. The zero-order valence-electron chi connectivity index (χ0n) is 11.9. The lowest BCUT2D eigenvalue weighted by molar-refractivity contribution is -0.123. The summed E-state index contributed by atoms with van der Waals surface area (Å²) in [5, 5.41) is 12.2. The number of benzene rings is 1. The van der Waals surface area contributed by atoms with Crippen molar-refractivity contribution in [2.45, 2.75) is 39.3 Å². The summed E-state index contributed by atoms with van der Waals surface area (Å²) in [7, 11) is 0. The van der Waals surface area contributed by atoms with Crippen molar-refractivity contribution in [3.8, 4) is 0 Å². The van der Waals surface area contributed by atoms with Gasteiger partial charge in [-0.25, -0.2) is 0 Å². The highest BCUT2D eigenvalue weighted by Crippen LogP contribution is 2.20. The highest BCUT2D eigenvalue weighted by molar-refractivity contribution is 5.77. The number of carbonyl (C=O) groups excluding carboxylic acids is 1. The number of hydrogen-bond acceptors (Lipinski definition) is 3. The van der Waals surface area contributed by atoms with E-state index in [9.17, 15) is 9.90 Å². The minimum Gasteiger partial charge on any atom is -0.394 e. The third kappa shape index (κ3) is 5.01. The van der Waals surface area contributed by atoms with Crippen molar-refractivity contribution >= 4 is 5.91 Å². The van der Waals surface area contributed by atoms with Crippen LogP contribution in [-0.2, 0) is 4.79 Å². The molecule has 0 aromatic heterocycles. The van der Waals surface area contributed by atoms with Gasteiger partial charge in [-0.15, -0.1) is 0 Å². The second kappa shape index (κ2) is 6.68. The topological polar surface area (TPSA) is 75.4 Å². The highest BCUT2D eigenvalue weighted by Gasteiger charge is 2.24. The van der Waals surface area contributed by atoms with Crippen molar-refractivity contribution in [3.05, 3.63) is 35.9 Å². The Balaban J connectivity index is 2.60. The molecule has 0 saturated heterocycles. The third-order valence-corrected chi connectivity index (χ3v) is 3.24. The van der Waals surface area contributed by atoms with Crippen LogP contribution in [-0.4, -0.2) is 23.7 Å². The van der Waals surface area contributed by atoms with Crippen molar-refractivity contribution in [2.24, 2.45) is 11.1 Å². The SMILES string of the molecule is CC(C)(C)C(N)CC(=O)NC(CO)c1ccccc1. The maximum absolute atomic E-state index is 11.9. The molecule has 4 heteroatoms. The van der Waals surface area contributed by atoms with Crippen LogP contribution in [0.1, 0.15) is 38.8 Å². The first kappa shape index (κ1) is 15.7. The molecule has 0 radical (unpaired) electrons. The van der Waals surface area contributed by atoms with Crippen LogP contribution in [0, 0.1) is 5.41 Å². The maximum Gasteiger partial charge on any atom is 0.222 e. The molecule has 0 aliphatic rings. The molecule has 106 valence electrons. The lowest BCUT2D eigenvalue weighted by atomic mass is 9.85. The molecule has 0 bridgehead atoms. The average Bonchev–Trinajstić information content (AvgIpc) is 2.35. The molecular formula is C15H24N2O2. The van der Waals surface area contributed by atoms with E-state index >= 15 is 0 Å². The quantitative estimate of drug-likeness (QED) is 0.756. The fourth-order valence-corrected chi connectivity index (χ4v) is 1.68. The number of aliphatic hydroxyl groups excluding tert-OH is 1. The Morgan fingerprint density at radius 3 is 2.37 bits per heavy atom. The molecule has 0 saturated carbocycles. The predicted octanol–water partition coefficient (Wildman–Crippen LogP) is 1.60. The standard InChI is InChI=1S/C15H24N2O2/c1-15(2,3)13(16)9-14(19)17-12(10-18)11-7-5-4-6-8-11/h4-8,12-13,18H,9-10,16H2,1-3H3,(H,17,19). The summed E-state index contributed by atoms with van der Waals surface area (Å²) >= 11 is 0. The molecule has 2 atom stereocenters. The maximum atomic E-state index is 11.9. The molecule has 0 spiro atoms. The Labute approximate surface area is 115 Å². The van der Waals surface area contributed by atoms with Gasteiger partial charge in [0.05, 0.1) is 12.6 Å². The zero-order chi connectivity index (χ0) is 14.5. The van der Waals surface area contributed by atoms with E-state index in [4.69, 9.17) is 5.73 Å². The van der Waals surface area contributed by atoms with Gasteiger partial charge in [0.15, 0.2) is 0 Å². The van der Waals surface area contributed by atoms with Gasteiger partial charge in [0, 0.05) is 12.5 Å². The molecule has 2 unspecified atom stereocenters. The van der Waals surface area contributed by atoms with Crippen LogP contribution in [0.25, 0.3) is 0 Å². The molecule has 0 fully saturated rings. The molecule has 4 nitrogen and oxygen atoms in total. The molecule has 0 aliphatic carbocycles. The van der Waals surface area contributed by atoms with E-state index in [1.165, 1.54) is 0 Å². The van der Waals surface area contributed by atoms with Gasteiger partial charge < -0.3 is 16.2 Å². The molecule has 1 amide bonds. The van der Waals surface area contributed by atoms with E-state index < -0.39 is 0 Å². The Kier molecular flexibility index (Phi) is 5.51. The summed E-state index contributed by atoms with van der Waals surface area (Å²) in [4.78, 5) is 11.9. The van der Waals surface area contributed by atoms with Crippen molar-refractivity contribution < 1.29 is 9.90 Å². The Morgan fingerprint density at radius 2 is 1.89 bits per heavy atom. The molecule has 4 N–H and O–H groups in total. The average molecular weight is 264 g/mol. The summed E-state index contributed by atoms with van der Waals surface area (Å²) < 4.78 is 0. The number of carbonyl (C=O) groups is 1. The van der Waals surface area contributed by atoms with E-state index in [-0.39, 0.29) is 36.4 Å². The van der Waals surface area contributed by atoms with E-state index in [0.717, 1.165) is 5.56 Å².